The first-order valence-corrected chi connectivity index (χ1v) is 27.6. The fourth-order valence-electron chi connectivity index (χ4n) is 8.33. The van der Waals surface area contributed by atoms with Gasteiger partial charge in [-0.05, 0) is 73.9 Å². The molecule has 0 aliphatic carbocycles. The van der Waals surface area contributed by atoms with Crippen LogP contribution in [0.1, 0.15) is 262 Å². The number of nitrogens with zero attached hydrogens (tertiary/aromatic N) is 2. The Kier molecular flexibility index (Phi) is 34.9. The Bertz CT molecular complexity index is 1340. The number of unbranched alkanes of at least 4 members (excludes halogenated alkanes) is 26. The minimum atomic E-state index is 0.907. The van der Waals surface area contributed by atoms with Gasteiger partial charge in [-0.15, -0.1) is 0 Å². The number of hydrogen-bond acceptors (Lipinski definition) is 0. The molecule has 0 aromatic heterocycles. The fraction of sp³-hybridized carbons (Fsp3) is 0.719. The third-order valence-electron chi connectivity index (χ3n) is 12.4. The molecule has 0 saturated heterocycles. The molecule has 1 heterocycles. The monoisotopic (exact) mass is 867 g/mol. The predicted octanol–water partition coefficient (Wildman–Crippen LogP) is 20.1. The summed E-state index contributed by atoms with van der Waals surface area (Å²) in [6.45, 7) is 11.4. The molecule has 1 aliphatic rings. The Hall–Kier alpha value is -1.99. The number of hydrogen-bond donors (Lipinski definition) is 0. The summed E-state index contributed by atoms with van der Waals surface area (Å²) in [5.41, 5.74) is 19.6. The number of aryl methyl sites for hydroxylation is 2. The normalized spacial score (nSPS) is 12.7. The number of allylic oxidation sites excluding steroid dienone is 2. The third kappa shape index (κ3) is 25.8. The van der Waals surface area contributed by atoms with E-state index in [1.54, 1.807) is 0 Å². The van der Waals surface area contributed by atoms with Crippen molar-refractivity contribution in [1.29, 1.82) is 0 Å². The Labute approximate surface area is 380 Å². The average Bonchev–Trinajstić information content (AvgIpc) is 3.60. The molecule has 0 fully saturated rings. The van der Waals surface area contributed by atoms with Gasteiger partial charge in [0.2, 0.25) is 11.4 Å². The molecule has 3 heteroatoms. The van der Waals surface area contributed by atoms with Crippen LogP contribution in [0, 0.1) is 0 Å². The Morgan fingerprint density at radius 2 is 0.700 bits per heavy atom. The molecule has 2 aromatic rings. The van der Waals surface area contributed by atoms with Crippen LogP contribution in [0.3, 0.4) is 0 Å². The van der Waals surface area contributed by atoms with E-state index < -0.39 is 0 Å². The summed E-state index contributed by atoms with van der Waals surface area (Å²) in [5, 5.41) is 2.84. The molecule has 0 radical (unpaired) electrons. The summed E-state index contributed by atoms with van der Waals surface area (Å²) in [6, 6.07) is 17.8. The van der Waals surface area contributed by atoms with Gasteiger partial charge in [0.25, 0.3) is 0 Å². The van der Waals surface area contributed by atoms with Crippen molar-refractivity contribution in [2.45, 2.75) is 264 Å². The van der Waals surface area contributed by atoms with Crippen LogP contribution in [-0.2, 0) is 27.3 Å². The summed E-state index contributed by atoms with van der Waals surface area (Å²) in [4.78, 5) is 0. The van der Waals surface area contributed by atoms with Gasteiger partial charge in [0.1, 0.15) is 0 Å². The van der Waals surface area contributed by atoms with E-state index in [1.807, 2.05) is 14.4 Å². The maximum absolute atomic E-state index is 11.5. The fourth-order valence-corrected chi connectivity index (χ4v) is 9.57. The molecule has 0 amide bonds. The molecule has 0 atom stereocenters. The molecule has 60 heavy (non-hydrogen) atoms. The van der Waals surface area contributed by atoms with E-state index in [1.165, 1.54) is 231 Å². The molecule has 344 valence electrons. The zero-order valence-corrected chi connectivity index (χ0v) is 41.4. The van der Waals surface area contributed by atoms with Gasteiger partial charge in [-0.3, -0.25) is 0 Å². The van der Waals surface area contributed by atoms with Crippen LogP contribution >= 0.6 is 0 Å². The van der Waals surface area contributed by atoms with Crippen molar-refractivity contribution < 1.29 is 19.1 Å². The van der Waals surface area contributed by atoms with Crippen molar-refractivity contribution in [3.05, 3.63) is 88.0 Å². The van der Waals surface area contributed by atoms with E-state index >= 15 is 0 Å². The number of rotatable bonds is 38. The summed E-state index contributed by atoms with van der Waals surface area (Å²) >= 11 is 2.00. The van der Waals surface area contributed by atoms with Gasteiger partial charge in [-0.25, -0.2) is 4.70 Å². The molecule has 0 N–H and O–H groups in total. The molecule has 1 aliphatic heterocycles. The summed E-state index contributed by atoms with van der Waals surface area (Å²) in [6.07, 6.45) is 48.4. The summed E-state index contributed by atoms with van der Waals surface area (Å²) in [7, 11) is 0. The van der Waals surface area contributed by atoms with Gasteiger partial charge in [0.15, 0.2) is 0 Å². The van der Waals surface area contributed by atoms with Gasteiger partial charge >= 0.3 is 103 Å². The van der Waals surface area contributed by atoms with E-state index in [2.05, 4.69) is 89.2 Å². The molecular weight excluding hydrogens is 771 g/mol. The first-order valence-electron chi connectivity index (χ1n) is 26.2. The van der Waals surface area contributed by atoms with E-state index in [4.69, 9.17) is 0 Å². The van der Waals surface area contributed by atoms with Crippen LogP contribution in [-0.4, -0.2) is 4.70 Å². The average molecular weight is 868 g/mol. The molecule has 3 rings (SSSR count). The van der Waals surface area contributed by atoms with Crippen LogP contribution in [0.5, 0.6) is 0 Å². The van der Waals surface area contributed by atoms with Gasteiger partial charge in [-0.2, -0.15) is 0 Å². The van der Waals surface area contributed by atoms with E-state index in [0.717, 1.165) is 41.8 Å². The van der Waals surface area contributed by atoms with Crippen molar-refractivity contribution in [3.63, 3.8) is 0 Å². The number of benzene rings is 2. The third-order valence-corrected chi connectivity index (χ3v) is 13.8. The molecule has 0 spiro atoms. The van der Waals surface area contributed by atoms with Gasteiger partial charge in [0, 0.05) is 22.8 Å². The van der Waals surface area contributed by atoms with E-state index in [0.29, 0.717) is 0 Å². The maximum atomic E-state index is 11.5. The first-order chi connectivity index (χ1) is 29.6. The summed E-state index contributed by atoms with van der Waals surface area (Å²) < 4.78 is 1.46. The molecular formula is C57H96N2Ni. The molecule has 0 bridgehead atoms. The second kappa shape index (κ2) is 38.7. The van der Waals surface area contributed by atoms with Crippen molar-refractivity contribution >= 4 is 11.4 Å². The van der Waals surface area contributed by atoms with Crippen molar-refractivity contribution in [2.24, 2.45) is 0 Å². The Morgan fingerprint density at radius 1 is 0.367 bits per heavy atom. The van der Waals surface area contributed by atoms with Gasteiger partial charge in [0.05, 0.1) is 0 Å². The van der Waals surface area contributed by atoms with Crippen LogP contribution in [0.4, 0.5) is 0 Å². The first kappa shape index (κ1) is 54.1. The topological polar surface area (TPSA) is 25.3 Å². The Balaban J connectivity index is 0.000000700. The van der Waals surface area contributed by atoms with E-state index in [-0.39, 0.29) is 0 Å². The molecule has 0 saturated carbocycles. The summed E-state index contributed by atoms with van der Waals surface area (Å²) in [5.74, 6) is 0. The quantitative estimate of drug-likeness (QED) is 0.0365. The standard InChI is InChI=1S/C43H66N2.2C7H15.Ni/c1-4-7-10-11-12-13-14-15-16-17-18-19-20-21-22-23-24-27-41-36-42(39-32-28-37(29-33-39)25-8-5-2)45(44)43(41)40-34-30-38(31-35-40)26-9-6-3;2*1-3-5-7-6-4-2;/h28-36H,4-27H2,1-3H3;2*1,3-7H2,2H3;. The van der Waals surface area contributed by atoms with Gasteiger partial charge in [-0.1, -0.05) is 161 Å². The van der Waals surface area contributed by atoms with Crippen LogP contribution in [0.2, 0.25) is 10.8 Å². The predicted molar refractivity (Wildman–Crippen MR) is 265 cm³/mol. The van der Waals surface area contributed by atoms with E-state index in [9.17, 15) is 5.53 Å². The van der Waals surface area contributed by atoms with Gasteiger partial charge < -0.3 is 5.53 Å². The van der Waals surface area contributed by atoms with Crippen LogP contribution < -0.4 is 0 Å². The SMILES string of the molecule is CCCCCCCCCCCCCCCCCCCC1=C(c2ccc(CCCC)cc2)[N+](=[N-])C(c2ccc(CCCC)cc2)=C1.CCCCCC[CH2][Ni][CH2]CCCCCC. The van der Waals surface area contributed by atoms with Crippen molar-refractivity contribution in [3.8, 4) is 0 Å². The van der Waals surface area contributed by atoms with Crippen LogP contribution in [0.25, 0.3) is 16.9 Å². The molecule has 2 nitrogen and oxygen atoms in total. The zero-order chi connectivity index (χ0) is 43.1. The van der Waals surface area contributed by atoms with Crippen LogP contribution in [0.15, 0.2) is 60.2 Å². The molecule has 2 aromatic carbocycles. The zero-order valence-electron chi connectivity index (χ0n) is 40.4. The second-order valence-corrected chi connectivity index (χ2v) is 19.5. The Morgan fingerprint density at radius 3 is 1.08 bits per heavy atom. The second-order valence-electron chi connectivity index (χ2n) is 18.0. The van der Waals surface area contributed by atoms with Crippen molar-refractivity contribution in [2.75, 3.05) is 0 Å². The minimum absolute atomic E-state index is 0.907. The molecule has 0 unspecified atom stereocenters. The van der Waals surface area contributed by atoms with Crippen molar-refractivity contribution in [1.82, 2.24) is 0 Å².